The number of nitrogens with two attached hydrogens (primary N) is 1. The van der Waals surface area contributed by atoms with Gasteiger partial charge in [-0.2, -0.15) is 5.10 Å². The molecule has 2 rings (SSSR count). The molecule has 102 valence electrons. The minimum Gasteiger partial charge on any atom is -0.383 e. The lowest BCUT2D eigenvalue weighted by molar-refractivity contribution is 0.575. The lowest BCUT2D eigenvalue weighted by Crippen LogP contribution is -2.25. The zero-order chi connectivity index (χ0) is 13.8. The van der Waals surface area contributed by atoms with E-state index in [1.807, 2.05) is 26.2 Å². The number of nitrogens with one attached hydrogen (secondary N) is 1. The number of anilines is 1. The topological polar surface area (TPSA) is 68.8 Å². The Hall–Kier alpha value is -1.88. The van der Waals surface area contributed by atoms with Crippen molar-refractivity contribution in [3.8, 4) is 0 Å². The summed E-state index contributed by atoms with van der Waals surface area (Å²) in [5.41, 5.74) is 9.08. The molecular weight excluding hydrogens is 238 g/mol. The van der Waals surface area contributed by atoms with E-state index in [-0.39, 0.29) is 6.04 Å². The standard InChI is InChI=1S/C14H21N5/c1-4-6-16-13(12-5-7-19(3)18-12)11-8-10(2)9-17-14(11)15/h5,7-9,13,16H,4,6H2,1-3H3,(H2,15,17). The van der Waals surface area contributed by atoms with Crippen molar-refractivity contribution in [2.75, 3.05) is 12.3 Å². The van der Waals surface area contributed by atoms with Crippen LogP contribution in [0.4, 0.5) is 5.82 Å². The van der Waals surface area contributed by atoms with Crippen LogP contribution in [0.1, 0.15) is 36.2 Å². The Morgan fingerprint density at radius 3 is 2.89 bits per heavy atom. The van der Waals surface area contributed by atoms with Crippen LogP contribution < -0.4 is 11.1 Å². The lowest BCUT2D eigenvalue weighted by Gasteiger charge is -2.18. The minimum absolute atomic E-state index is 0.00597. The summed E-state index contributed by atoms with van der Waals surface area (Å²) in [6, 6.07) is 4.08. The van der Waals surface area contributed by atoms with Gasteiger partial charge in [0.05, 0.1) is 11.7 Å². The highest BCUT2D eigenvalue weighted by Gasteiger charge is 2.19. The van der Waals surface area contributed by atoms with E-state index < -0.39 is 0 Å². The molecule has 0 saturated heterocycles. The van der Waals surface area contributed by atoms with Gasteiger partial charge in [-0.3, -0.25) is 4.68 Å². The molecule has 0 aliphatic rings. The van der Waals surface area contributed by atoms with Crippen molar-refractivity contribution < 1.29 is 0 Å². The number of aryl methyl sites for hydroxylation is 2. The summed E-state index contributed by atoms with van der Waals surface area (Å²) >= 11 is 0. The molecule has 5 heteroatoms. The molecule has 0 fully saturated rings. The molecular formula is C14H21N5. The Balaban J connectivity index is 2.39. The zero-order valence-electron chi connectivity index (χ0n) is 11.7. The second kappa shape index (κ2) is 5.84. The third-order valence-corrected chi connectivity index (χ3v) is 3.03. The first-order valence-electron chi connectivity index (χ1n) is 6.56. The quantitative estimate of drug-likeness (QED) is 0.859. The summed E-state index contributed by atoms with van der Waals surface area (Å²) in [6.07, 6.45) is 4.78. The summed E-state index contributed by atoms with van der Waals surface area (Å²) < 4.78 is 1.80. The van der Waals surface area contributed by atoms with Crippen molar-refractivity contribution in [3.63, 3.8) is 0 Å². The van der Waals surface area contributed by atoms with E-state index in [1.54, 1.807) is 10.9 Å². The molecule has 1 atom stereocenters. The van der Waals surface area contributed by atoms with Gasteiger partial charge < -0.3 is 11.1 Å². The van der Waals surface area contributed by atoms with E-state index in [9.17, 15) is 0 Å². The van der Waals surface area contributed by atoms with Gasteiger partial charge in [-0.15, -0.1) is 0 Å². The van der Waals surface area contributed by atoms with Gasteiger partial charge in [-0.1, -0.05) is 6.92 Å². The van der Waals surface area contributed by atoms with Gasteiger partial charge in [0, 0.05) is 25.0 Å². The van der Waals surface area contributed by atoms with Gasteiger partial charge in [-0.25, -0.2) is 4.98 Å². The van der Waals surface area contributed by atoms with Crippen LogP contribution in [0.5, 0.6) is 0 Å². The number of pyridine rings is 1. The summed E-state index contributed by atoms with van der Waals surface area (Å²) in [5, 5.41) is 7.97. The highest BCUT2D eigenvalue weighted by atomic mass is 15.3. The number of aromatic nitrogens is 3. The third-order valence-electron chi connectivity index (χ3n) is 3.03. The second-order valence-electron chi connectivity index (χ2n) is 4.79. The maximum Gasteiger partial charge on any atom is 0.128 e. The van der Waals surface area contributed by atoms with Crippen LogP contribution in [0.3, 0.4) is 0 Å². The van der Waals surface area contributed by atoms with Crippen LogP contribution in [0, 0.1) is 6.92 Å². The van der Waals surface area contributed by atoms with E-state index in [2.05, 4.69) is 28.4 Å². The van der Waals surface area contributed by atoms with E-state index in [4.69, 9.17) is 5.73 Å². The van der Waals surface area contributed by atoms with Gasteiger partial charge >= 0.3 is 0 Å². The molecule has 5 nitrogen and oxygen atoms in total. The Morgan fingerprint density at radius 2 is 2.26 bits per heavy atom. The molecule has 3 N–H and O–H groups in total. The predicted octanol–water partition coefficient (Wildman–Crippen LogP) is 1.79. The first kappa shape index (κ1) is 13.5. The van der Waals surface area contributed by atoms with Crippen LogP contribution in [-0.2, 0) is 7.05 Å². The molecule has 0 spiro atoms. The number of rotatable bonds is 5. The van der Waals surface area contributed by atoms with E-state index >= 15 is 0 Å². The highest BCUT2D eigenvalue weighted by molar-refractivity contribution is 5.45. The molecule has 2 heterocycles. The molecule has 0 saturated carbocycles. The smallest absolute Gasteiger partial charge is 0.128 e. The maximum atomic E-state index is 6.02. The third kappa shape index (κ3) is 3.12. The van der Waals surface area contributed by atoms with Gasteiger partial charge in [0.15, 0.2) is 0 Å². The van der Waals surface area contributed by atoms with Crippen molar-refractivity contribution >= 4 is 5.82 Å². The van der Waals surface area contributed by atoms with Crippen LogP contribution in [-0.4, -0.2) is 21.3 Å². The molecule has 0 aliphatic heterocycles. The molecule has 0 amide bonds. The van der Waals surface area contributed by atoms with Crippen molar-refractivity contribution in [2.45, 2.75) is 26.3 Å². The zero-order valence-corrected chi connectivity index (χ0v) is 11.7. The SMILES string of the molecule is CCCNC(c1ccn(C)n1)c1cc(C)cnc1N. The van der Waals surface area contributed by atoms with Gasteiger partial charge in [0.1, 0.15) is 5.82 Å². The number of nitrogens with zero attached hydrogens (tertiary/aromatic N) is 3. The Kier molecular flexibility index (Phi) is 4.16. The number of nitrogen functional groups attached to an aromatic ring is 1. The molecule has 19 heavy (non-hydrogen) atoms. The molecule has 0 aromatic carbocycles. The molecule has 1 unspecified atom stereocenters. The molecule has 0 radical (unpaired) electrons. The number of hydrogen-bond acceptors (Lipinski definition) is 4. The second-order valence-corrected chi connectivity index (χ2v) is 4.79. The first-order chi connectivity index (χ1) is 9.11. The van der Waals surface area contributed by atoms with E-state index in [0.29, 0.717) is 5.82 Å². The molecule has 2 aromatic rings. The van der Waals surface area contributed by atoms with Crippen LogP contribution >= 0.6 is 0 Å². The average molecular weight is 259 g/mol. The Labute approximate surface area is 113 Å². The fourth-order valence-corrected chi connectivity index (χ4v) is 2.08. The average Bonchev–Trinajstić information content (AvgIpc) is 2.80. The monoisotopic (exact) mass is 259 g/mol. The van der Waals surface area contributed by atoms with Gasteiger partial charge in [-0.05, 0) is 37.6 Å². The fourth-order valence-electron chi connectivity index (χ4n) is 2.08. The molecule has 0 bridgehead atoms. The van der Waals surface area contributed by atoms with Gasteiger partial charge in [0.25, 0.3) is 0 Å². The minimum atomic E-state index is -0.00597. The lowest BCUT2D eigenvalue weighted by atomic mass is 10.0. The van der Waals surface area contributed by atoms with Crippen molar-refractivity contribution in [1.82, 2.24) is 20.1 Å². The summed E-state index contributed by atoms with van der Waals surface area (Å²) in [6.45, 7) is 5.07. The summed E-state index contributed by atoms with van der Waals surface area (Å²) in [7, 11) is 1.91. The van der Waals surface area contributed by atoms with Crippen LogP contribution in [0.25, 0.3) is 0 Å². The fraction of sp³-hybridized carbons (Fsp3) is 0.429. The Morgan fingerprint density at radius 1 is 1.47 bits per heavy atom. The van der Waals surface area contributed by atoms with Crippen LogP contribution in [0.15, 0.2) is 24.5 Å². The maximum absolute atomic E-state index is 6.02. The van der Waals surface area contributed by atoms with Crippen LogP contribution in [0.2, 0.25) is 0 Å². The van der Waals surface area contributed by atoms with Gasteiger partial charge in [0.2, 0.25) is 0 Å². The summed E-state index contributed by atoms with van der Waals surface area (Å²) in [4.78, 5) is 4.24. The molecule has 0 aliphatic carbocycles. The van der Waals surface area contributed by atoms with Crippen molar-refractivity contribution in [1.29, 1.82) is 0 Å². The van der Waals surface area contributed by atoms with Crippen molar-refractivity contribution in [3.05, 3.63) is 41.3 Å². The largest absolute Gasteiger partial charge is 0.383 e. The van der Waals surface area contributed by atoms with E-state index in [1.165, 1.54) is 0 Å². The predicted molar refractivity (Wildman–Crippen MR) is 76.7 cm³/mol. The normalized spacial score (nSPS) is 12.6. The number of hydrogen-bond donors (Lipinski definition) is 2. The first-order valence-corrected chi connectivity index (χ1v) is 6.56. The van der Waals surface area contributed by atoms with Crippen molar-refractivity contribution in [2.24, 2.45) is 7.05 Å². The molecule has 2 aromatic heterocycles. The summed E-state index contributed by atoms with van der Waals surface area (Å²) in [5.74, 6) is 0.560. The Bertz CT molecular complexity index is 547. The highest BCUT2D eigenvalue weighted by Crippen LogP contribution is 2.25. The van der Waals surface area contributed by atoms with E-state index in [0.717, 1.165) is 29.8 Å².